The molecule has 0 unspecified atom stereocenters. The van der Waals surface area contributed by atoms with E-state index < -0.39 is 17.5 Å². The van der Waals surface area contributed by atoms with Crippen LogP contribution in [0.3, 0.4) is 0 Å². The molecule has 1 amide bonds. The highest BCUT2D eigenvalue weighted by Gasteiger charge is 2.10. The maximum atomic E-state index is 13.4. The fraction of sp³-hybridized carbons (Fsp3) is 0.214. The second-order valence-corrected chi connectivity index (χ2v) is 4.20. The van der Waals surface area contributed by atoms with E-state index >= 15 is 0 Å². The number of hydrogen-bond donors (Lipinski definition) is 1. The summed E-state index contributed by atoms with van der Waals surface area (Å²) in [5, 5.41) is 2.57. The largest absolute Gasteiger partial charge is 0.350 e. The normalized spacial score (nSPS) is 10.3. The number of benzene rings is 1. The van der Waals surface area contributed by atoms with E-state index in [1.165, 1.54) is 30.5 Å². The van der Waals surface area contributed by atoms with Crippen LogP contribution in [0.1, 0.15) is 21.9 Å². The molecule has 1 heterocycles. The first-order valence-corrected chi connectivity index (χ1v) is 6.08. The molecule has 1 aromatic heterocycles. The molecule has 2 aromatic rings. The summed E-state index contributed by atoms with van der Waals surface area (Å²) in [4.78, 5) is 19.6. The minimum absolute atomic E-state index is 0.0355. The van der Waals surface area contributed by atoms with Gasteiger partial charge >= 0.3 is 0 Å². The zero-order chi connectivity index (χ0) is 14.5. The molecule has 0 aliphatic carbocycles. The molecule has 0 spiro atoms. The van der Waals surface area contributed by atoms with Gasteiger partial charge in [0.2, 0.25) is 0 Å². The lowest BCUT2D eigenvalue weighted by Gasteiger charge is -2.07. The van der Waals surface area contributed by atoms with Crippen molar-refractivity contribution in [3.05, 3.63) is 59.2 Å². The van der Waals surface area contributed by atoms with Gasteiger partial charge < -0.3 is 5.32 Å². The van der Waals surface area contributed by atoms with Gasteiger partial charge in [-0.25, -0.2) is 18.7 Å². The molecule has 6 heteroatoms. The lowest BCUT2D eigenvalue weighted by atomic mass is 10.1. The molecule has 1 aromatic carbocycles. The Kier molecular flexibility index (Phi) is 4.34. The molecule has 0 aliphatic heterocycles. The maximum absolute atomic E-state index is 13.4. The second-order valence-electron chi connectivity index (χ2n) is 4.20. The van der Waals surface area contributed by atoms with Crippen LogP contribution in [0.4, 0.5) is 8.78 Å². The summed E-state index contributed by atoms with van der Waals surface area (Å²) in [7, 11) is 0. The van der Waals surface area contributed by atoms with E-state index in [9.17, 15) is 13.6 Å². The monoisotopic (exact) mass is 277 g/mol. The molecule has 0 saturated heterocycles. The van der Waals surface area contributed by atoms with Crippen molar-refractivity contribution in [1.29, 1.82) is 0 Å². The Hall–Kier alpha value is -2.37. The minimum Gasteiger partial charge on any atom is -0.350 e. The van der Waals surface area contributed by atoms with Gasteiger partial charge in [-0.3, -0.25) is 4.79 Å². The van der Waals surface area contributed by atoms with Gasteiger partial charge in [0.25, 0.3) is 5.91 Å². The third-order valence-corrected chi connectivity index (χ3v) is 2.73. The summed E-state index contributed by atoms with van der Waals surface area (Å²) in [6.07, 6.45) is 1.56. The number of rotatable bonds is 4. The van der Waals surface area contributed by atoms with Crippen LogP contribution in [-0.4, -0.2) is 22.4 Å². The zero-order valence-corrected chi connectivity index (χ0v) is 10.9. The fourth-order valence-electron chi connectivity index (χ4n) is 1.75. The molecule has 0 bridgehead atoms. The molecule has 0 radical (unpaired) electrons. The highest BCUT2D eigenvalue weighted by atomic mass is 19.1. The van der Waals surface area contributed by atoms with Crippen LogP contribution in [0.15, 0.2) is 30.5 Å². The number of amides is 1. The number of carbonyl (C=O) groups is 1. The number of nitrogens with one attached hydrogen (secondary N) is 1. The van der Waals surface area contributed by atoms with Crippen molar-refractivity contribution in [3.8, 4) is 0 Å². The van der Waals surface area contributed by atoms with E-state index in [1.54, 1.807) is 6.92 Å². The smallest absolute Gasteiger partial charge is 0.270 e. The Morgan fingerprint density at radius 2 is 1.95 bits per heavy atom. The van der Waals surface area contributed by atoms with E-state index in [0.717, 1.165) is 0 Å². The molecule has 0 atom stereocenters. The molecular formula is C14H13F2N3O. The van der Waals surface area contributed by atoms with Gasteiger partial charge in [0.05, 0.1) is 0 Å². The SMILES string of the molecule is Cc1nccc(C(=O)NCCc2c(F)cccc2F)n1. The molecule has 0 saturated carbocycles. The molecule has 4 nitrogen and oxygen atoms in total. The minimum atomic E-state index is -0.614. The van der Waals surface area contributed by atoms with Crippen LogP contribution < -0.4 is 5.32 Å². The summed E-state index contributed by atoms with van der Waals surface area (Å²) >= 11 is 0. The van der Waals surface area contributed by atoms with E-state index in [2.05, 4.69) is 15.3 Å². The highest BCUT2D eigenvalue weighted by molar-refractivity contribution is 5.92. The lowest BCUT2D eigenvalue weighted by Crippen LogP contribution is -2.27. The van der Waals surface area contributed by atoms with E-state index in [4.69, 9.17) is 0 Å². The summed E-state index contributed by atoms with van der Waals surface area (Å²) in [6.45, 7) is 1.80. The standard InChI is InChI=1S/C14H13F2N3O/c1-9-17-8-6-13(19-9)14(20)18-7-5-10-11(15)3-2-4-12(10)16/h2-4,6,8H,5,7H2,1H3,(H,18,20). The average Bonchev–Trinajstić information content (AvgIpc) is 2.42. The van der Waals surface area contributed by atoms with Gasteiger partial charge in [0.1, 0.15) is 23.2 Å². The molecule has 20 heavy (non-hydrogen) atoms. The van der Waals surface area contributed by atoms with Gasteiger partial charge in [-0.05, 0) is 31.5 Å². The van der Waals surface area contributed by atoms with Gasteiger partial charge in [0.15, 0.2) is 0 Å². The maximum Gasteiger partial charge on any atom is 0.270 e. The number of nitrogens with zero attached hydrogens (tertiary/aromatic N) is 2. The van der Waals surface area contributed by atoms with E-state index in [1.807, 2.05) is 0 Å². The first-order chi connectivity index (χ1) is 9.58. The Bertz CT molecular complexity index is 611. The third kappa shape index (κ3) is 3.34. The second kappa shape index (κ2) is 6.18. The van der Waals surface area contributed by atoms with Crippen LogP contribution in [0, 0.1) is 18.6 Å². The summed E-state index contributed by atoms with van der Waals surface area (Å²) in [5.41, 5.74) is 0.193. The molecular weight excluding hydrogens is 264 g/mol. The van der Waals surface area contributed by atoms with Crippen molar-refractivity contribution in [2.24, 2.45) is 0 Å². The number of aromatic nitrogens is 2. The summed E-state index contributed by atoms with van der Waals surface area (Å²) in [6, 6.07) is 5.16. The number of carbonyl (C=O) groups excluding carboxylic acids is 1. The predicted molar refractivity (Wildman–Crippen MR) is 69.2 cm³/mol. The number of hydrogen-bond acceptors (Lipinski definition) is 3. The van der Waals surface area contributed by atoms with Gasteiger partial charge in [0, 0.05) is 18.3 Å². The Morgan fingerprint density at radius 3 is 2.60 bits per heavy atom. The van der Waals surface area contributed by atoms with Gasteiger partial charge in [-0.15, -0.1) is 0 Å². The van der Waals surface area contributed by atoms with E-state index in [0.29, 0.717) is 5.82 Å². The fourth-order valence-corrected chi connectivity index (χ4v) is 1.75. The van der Waals surface area contributed by atoms with Crippen molar-refractivity contribution < 1.29 is 13.6 Å². The van der Waals surface area contributed by atoms with Crippen LogP contribution in [0.5, 0.6) is 0 Å². The zero-order valence-electron chi connectivity index (χ0n) is 10.9. The Balaban J connectivity index is 1.95. The summed E-state index contributed by atoms with van der Waals surface area (Å²) < 4.78 is 26.8. The third-order valence-electron chi connectivity index (χ3n) is 2.73. The predicted octanol–water partition coefficient (Wildman–Crippen LogP) is 2.04. The number of aryl methyl sites for hydroxylation is 1. The van der Waals surface area contributed by atoms with Crippen LogP contribution in [0.2, 0.25) is 0 Å². The topological polar surface area (TPSA) is 54.9 Å². The molecule has 0 fully saturated rings. The van der Waals surface area contributed by atoms with Crippen molar-refractivity contribution in [2.45, 2.75) is 13.3 Å². The van der Waals surface area contributed by atoms with Crippen molar-refractivity contribution in [1.82, 2.24) is 15.3 Å². The average molecular weight is 277 g/mol. The van der Waals surface area contributed by atoms with Gasteiger partial charge in [-0.1, -0.05) is 6.07 Å². The van der Waals surface area contributed by atoms with Crippen molar-refractivity contribution in [2.75, 3.05) is 6.54 Å². The summed E-state index contributed by atoms with van der Waals surface area (Å²) in [5.74, 6) is -1.14. The van der Waals surface area contributed by atoms with Crippen LogP contribution >= 0.6 is 0 Å². The number of halogens is 2. The molecule has 2 rings (SSSR count). The first kappa shape index (κ1) is 14.0. The first-order valence-electron chi connectivity index (χ1n) is 6.08. The van der Waals surface area contributed by atoms with Crippen LogP contribution in [0.25, 0.3) is 0 Å². The Morgan fingerprint density at radius 1 is 1.25 bits per heavy atom. The molecule has 104 valence electrons. The highest BCUT2D eigenvalue weighted by Crippen LogP contribution is 2.12. The van der Waals surface area contributed by atoms with Gasteiger partial charge in [-0.2, -0.15) is 0 Å². The lowest BCUT2D eigenvalue weighted by molar-refractivity contribution is 0.0948. The Labute approximate surface area is 114 Å². The van der Waals surface area contributed by atoms with Crippen molar-refractivity contribution >= 4 is 5.91 Å². The quantitative estimate of drug-likeness (QED) is 0.930. The van der Waals surface area contributed by atoms with E-state index in [-0.39, 0.29) is 24.2 Å². The molecule has 0 aliphatic rings. The van der Waals surface area contributed by atoms with Crippen molar-refractivity contribution in [3.63, 3.8) is 0 Å². The van der Waals surface area contributed by atoms with Crippen LogP contribution in [-0.2, 0) is 6.42 Å². The molecule has 1 N–H and O–H groups in total.